The quantitative estimate of drug-likeness (QED) is 0.857. The SMILES string of the molecule is Cc1ncc2c(I)cn(C(C)(C)CO)c2n1. The molecule has 0 spiro atoms. The average Bonchev–Trinajstić information content (AvgIpc) is 2.56. The minimum absolute atomic E-state index is 0.0793. The van der Waals surface area contributed by atoms with E-state index in [1.807, 2.05) is 37.7 Å². The molecule has 1 N–H and O–H groups in total. The lowest BCUT2D eigenvalue weighted by Gasteiger charge is -2.24. The minimum Gasteiger partial charge on any atom is -0.394 e. The Morgan fingerprint density at radius 2 is 2.19 bits per heavy atom. The van der Waals surface area contributed by atoms with Gasteiger partial charge in [-0.15, -0.1) is 0 Å². The number of aliphatic hydroxyl groups excluding tert-OH is 1. The first kappa shape index (κ1) is 11.8. The summed E-state index contributed by atoms with van der Waals surface area (Å²) in [6, 6.07) is 0. The summed E-state index contributed by atoms with van der Waals surface area (Å²) < 4.78 is 3.12. The highest BCUT2D eigenvalue weighted by atomic mass is 127. The predicted molar refractivity (Wildman–Crippen MR) is 71.4 cm³/mol. The van der Waals surface area contributed by atoms with Crippen LogP contribution in [-0.2, 0) is 5.54 Å². The summed E-state index contributed by atoms with van der Waals surface area (Å²) in [6.45, 7) is 5.92. The van der Waals surface area contributed by atoms with E-state index in [0.29, 0.717) is 0 Å². The first-order chi connectivity index (χ1) is 7.45. The molecule has 0 amide bonds. The lowest BCUT2D eigenvalue weighted by Crippen LogP contribution is -2.30. The third kappa shape index (κ3) is 1.82. The van der Waals surface area contributed by atoms with Gasteiger partial charge in [-0.3, -0.25) is 0 Å². The fourth-order valence-corrected chi connectivity index (χ4v) is 2.25. The Morgan fingerprint density at radius 3 is 2.81 bits per heavy atom. The van der Waals surface area contributed by atoms with Crippen LogP contribution in [0, 0.1) is 10.5 Å². The molecule has 0 radical (unpaired) electrons. The number of aryl methyl sites for hydroxylation is 1. The summed E-state index contributed by atoms with van der Waals surface area (Å²) in [5.41, 5.74) is 0.540. The molecular formula is C11H14IN3O. The molecule has 0 unspecified atom stereocenters. The van der Waals surface area contributed by atoms with Gasteiger partial charge < -0.3 is 9.67 Å². The summed E-state index contributed by atoms with van der Waals surface area (Å²) in [7, 11) is 0. The average molecular weight is 331 g/mol. The fourth-order valence-electron chi connectivity index (χ4n) is 1.59. The maximum absolute atomic E-state index is 9.42. The van der Waals surface area contributed by atoms with Gasteiger partial charge >= 0.3 is 0 Å². The van der Waals surface area contributed by atoms with Crippen LogP contribution in [0.4, 0.5) is 0 Å². The Balaban J connectivity index is 2.75. The van der Waals surface area contributed by atoms with Gasteiger partial charge in [-0.05, 0) is 43.4 Å². The number of nitrogens with zero attached hydrogens (tertiary/aromatic N) is 3. The third-order valence-electron chi connectivity index (χ3n) is 2.66. The van der Waals surface area contributed by atoms with Gasteiger partial charge in [0.2, 0.25) is 0 Å². The normalized spacial score (nSPS) is 12.3. The van der Waals surface area contributed by atoms with Crippen molar-refractivity contribution in [1.29, 1.82) is 0 Å². The Labute approximate surface area is 108 Å². The van der Waals surface area contributed by atoms with E-state index >= 15 is 0 Å². The second-order valence-electron chi connectivity index (χ2n) is 4.47. The van der Waals surface area contributed by atoms with Crippen LogP contribution in [0.25, 0.3) is 11.0 Å². The lowest BCUT2D eigenvalue weighted by atomic mass is 10.1. The van der Waals surface area contributed by atoms with E-state index < -0.39 is 0 Å². The van der Waals surface area contributed by atoms with Gasteiger partial charge in [-0.2, -0.15) is 0 Å². The molecule has 86 valence electrons. The summed E-state index contributed by atoms with van der Waals surface area (Å²) >= 11 is 2.26. The molecule has 2 heterocycles. The van der Waals surface area contributed by atoms with Crippen LogP contribution in [0.5, 0.6) is 0 Å². The van der Waals surface area contributed by atoms with Crippen molar-refractivity contribution in [1.82, 2.24) is 14.5 Å². The van der Waals surface area contributed by atoms with Crippen LogP contribution in [-0.4, -0.2) is 26.2 Å². The van der Waals surface area contributed by atoms with Crippen molar-refractivity contribution in [3.8, 4) is 0 Å². The standard InChI is InChI=1S/C11H14IN3O/c1-7-13-4-8-9(12)5-15(10(8)14-7)11(2,3)6-16/h4-5,16H,6H2,1-3H3. The van der Waals surface area contributed by atoms with Gasteiger partial charge in [0.25, 0.3) is 0 Å². The van der Waals surface area contributed by atoms with E-state index in [1.165, 1.54) is 0 Å². The molecule has 5 heteroatoms. The number of aromatic nitrogens is 3. The molecule has 0 aliphatic carbocycles. The number of aliphatic hydroxyl groups is 1. The highest BCUT2D eigenvalue weighted by Gasteiger charge is 2.22. The summed E-state index contributed by atoms with van der Waals surface area (Å²) in [4.78, 5) is 8.64. The molecule has 0 aliphatic heterocycles. The van der Waals surface area contributed by atoms with E-state index in [2.05, 4.69) is 32.6 Å². The first-order valence-corrected chi connectivity index (χ1v) is 6.15. The molecule has 0 saturated carbocycles. The number of fused-ring (bicyclic) bond motifs is 1. The van der Waals surface area contributed by atoms with Gasteiger partial charge in [0.05, 0.1) is 17.5 Å². The maximum Gasteiger partial charge on any atom is 0.145 e. The van der Waals surface area contributed by atoms with Crippen molar-refractivity contribution in [2.45, 2.75) is 26.3 Å². The Kier molecular flexibility index (Phi) is 2.91. The minimum atomic E-state index is -0.345. The zero-order valence-corrected chi connectivity index (χ0v) is 11.7. The van der Waals surface area contributed by atoms with E-state index in [0.717, 1.165) is 20.4 Å². The smallest absolute Gasteiger partial charge is 0.145 e. The molecular weight excluding hydrogens is 317 g/mol. The number of hydrogen-bond donors (Lipinski definition) is 1. The fraction of sp³-hybridized carbons (Fsp3) is 0.455. The summed E-state index contributed by atoms with van der Waals surface area (Å²) in [6.07, 6.45) is 3.85. The van der Waals surface area contributed by atoms with Crippen molar-refractivity contribution in [2.75, 3.05) is 6.61 Å². The monoisotopic (exact) mass is 331 g/mol. The third-order valence-corrected chi connectivity index (χ3v) is 3.52. The van der Waals surface area contributed by atoms with Crippen molar-refractivity contribution >= 4 is 33.6 Å². The van der Waals surface area contributed by atoms with Crippen LogP contribution in [0.15, 0.2) is 12.4 Å². The highest BCUT2D eigenvalue weighted by molar-refractivity contribution is 14.1. The second-order valence-corrected chi connectivity index (χ2v) is 5.63. The molecule has 0 atom stereocenters. The van der Waals surface area contributed by atoms with Crippen LogP contribution >= 0.6 is 22.6 Å². The zero-order valence-electron chi connectivity index (χ0n) is 9.53. The van der Waals surface area contributed by atoms with Gasteiger partial charge in [0.15, 0.2) is 0 Å². The Morgan fingerprint density at radius 1 is 1.50 bits per heavy atom. The molecule has 2 rings (SSSR count). The van der Waals surface area contributed by atoms with Gasteiger partial charge in [0, 0.05) is 16.0 Å². The summed E-state index contributed by atoms with van der Waals surface area (Å²) in [5.74, 6) is 0.747. The molecule has 16 heavy (non-hydrogen) atoms. The molecule has 0 aromatic carbocycles. The molecule has 4 nitrogen and oxygen atoms in total. The molecule has 2 aromatic rings. The van der Waals surface area contributed by atoms with E-state index in [9.17, 15) is 5.11 Å². The highest BCUT2D eigenvalue weighted by Crippen LogP contribution is 2.26. The molecule has 2 aromatic heterocycles. The van der Waals surface area contributed by atoms with Crippen molar-refractivity contribution in [2.24, 2.45) is 0 Å². The van der Waals surface area contributed by atoms with Crippen LogP contribution in [0.2, 0.25) is 0 Å². The predicted octanol–water partition coefficient (Wildman–Crippen LogP) is 2.07. The number of halogens is 1. The van der Waals surface area contributed by atoms with E-state index in [-0.39, 0.29) is 12.1 Å². The van der Waals surface area contributed by atoms with Crippen LogP contribution in [0.1, 0.15) is 19.7 Å². The number of hydrogen-bond acceptors (Lipinski definition) is 3. The van der Waals surface area contributed by atoms with Gasteiger partial charge in [-0.1, -0.05) is 0 Å². The Hall–Kier alpha value is -0.690. The molecule has 0 aliphatic rings. The zero-order chi connectivity index (χ0) is 11.9. The van der Waals surface area contributed by atoms with Crippen molar-refractivity contribution in [3.63, 3.8) is 0 Å². The van der Waals surface area contributed by atoms with Crippen molar-refractivity contribution < 1.29 is 5.11 Å². The van der Waals surface area contributed by atoms with Crippen LogP contribution in [0.3, 0.4) is 0 Å². The molecule has 0 bridgehead atoms. The topological polar surface area (TPSA) is 50.9 Å². The van der Waals surface area contributed by atoms with Gasteiger partial charge in [0.1, 0.15) is 11.5 Å². The maximum atomic E-state index is 9.42. The Bertz CT molecular complexity index is 533. The second kappa shape index (κ2) is 3.96. The molecule has 0 saturated heterocycles. The summed E-state index contributed by atoms with van der Waals surface area (Å²) in [5, 5.41) is 10.5. The van der Waals surface area contributed by atoms with E-state index in [1.54, 1.807) is 0 Å². The molecule has 0 fully saturated rings. The van der Waals surface area contributed by atoms with Crippen molar-refractivity contribution in [3.05, 3.63) is 21.8 Å². The lowest BCUT2D eigenvalue weighted by molar-refractivity contribution is 0.167. The number of rotatable bonds is 2. The largest absolute Gasteiger partial charge is 0.394 e. The first-order valence-electron chi connectivity index (χ1n) is 5.07. The van der Waals surface area contributed by atoms with Crippen LogP contribution < -0.4 is 0 Å². The van der Waals surface area contributed by atoms with Gasteiger partial charge in [-0.25, -0.2) is 9.97 Å². The van der Waals surface area contributed by atoms with E-state index in [4.69, 9.17) is 0 Å².